The number of nitrogens with zero attached hydrogens (tertiary/aromatic N) is 2. The van der Waals surface area contributed by atoms with Crippen molar-refractivity contribution in [3.63, 3.8) is 0 Å². The van der Waals surface area contributed by atoms with E-state index in [0.717, 1.165) is 30.2 Å². The first kappa shape index (κ1) is 20.5. The van der Waals surface area contributed by atoms with E-state index >= 15 is 0 Å². The Kier molecular flexibility index (Phi) is 8.32. The van der Waals surface area contributed by atoms with E-state index in [1.165, 1.54) is 5.56 Å². The number of aliphatic imine (C=N–C) groups is 1. The van der Waals surface area contributed by atoms with Crippen molar-refractivity contribution >= 4 is 17.6 Å². The van der Waals surface area contributed by atoms with E-state index in [9.17, 15) is 4.79 Å². The van der Waals surface area contributed by atoms with Crippen LogP contribution in [0.4, 0.5) is 5.69 Å². The monoisotopic (exact) mass is 367 g/mol. The fourth-order valence-electron chi connectivity index (χ4n) is 2.62. The topological polar surface area (TPSA) is 68.8 Å². The minimum atomic E-state index is -0.0245. The molecule has 0 heterocycles. The summed E-state index contributed by atoms with van der Waals surface area (Å²) in [6, 6.07) is 18.2. The second-order valence-corrected chi connectivity index (χ2v) is 6.57. The van der Waals surface area contributed by atoms with Crippen LogP contribution in [0.25, 0.3) is 0 Å². The van der Waals surface area contributed by atoms with Gasteiger partial charge in [0, 0.05) is 25.8 Å². The molecule has 27 heavy (non-hydrogen) atoms. The number of carbonyl (C=O) groups excluding carboxylic acids is 1. The van der Waals surface area contributed by atoms with Crippen LogP contribution in [0.1, 0.15) is 11.1 Å². The Morgan fingerprint density at radius 1 is 1.00 bits per heavy atom. The number of rotatable bonds is 8. The highest BCUT2D eigenvalue weighted by Gasteiger charge is 2.05. The molecule has 0 aliphatic heterocycles. The van der Waals surface area contributed by atoms with Gasteiger partial charge in [-0.05, 0) is 43.8 Å². The summed E-state index contributed by atoms with van der Waals surface area (Å²) in [4.78, 5) is 18.0. The zero-order chi connectivity index (χ0) is 19.5. The highest BCUT2D eigenvalue weighted by atomic mass is 16.2. The van der Waals surface area contributed by atoms with E-state index < -0.39 is 0 Å². The Morgan fingerprint density at radius 2 is 1.74 bits per heavy atom. The summed E-state index contributed by atoms with van der Waals surface area (Å²) in [5.74, 6) is 0.733. The Bertz CT molecular complexity index is 743. The predicted molar refractivity (Wildman–Crippen MR) is 112 cm³/mol. The van der Waals surface area contributed by atoms with Gasteiger partial charge < -0.3 is 20.9 Å². The van der Waals surface area contributed by atoms with Gasteiger partial charge in [0.05, 0.1) is 6.54 Å². The van der Waals surface area contributed by atoms with Crippen molar-refractivity contribution in [2.24, 2.45) is 4.99 Å². The standard InChI is InChI=1S/C21H29N5O/c1-22-21(23-13-12-17-8-5-4-6-9-17)24-15-18-10-7-11-19(14-18)25-20(27)16-26(2)3/h4-11,14H,12-13,15-16H2,1-3H3,(H,25,27)(H2,22,23,24). The molecule has 0 aliphatic carbocycles. The average molecular weight is 367 g/mol. The highest BCUT2D eigenvalue weighted by molar-refractivity contribution is 5.92. The second-order valence-electron chi connectivity index (χ2n) is 6.57. The molecule has 0 aromatic heterocycles. The number of likely N-dealkylation sites (N-methyl/N-ethyl adjacent to an activating group) is 1. The molecule has 0 unspecified atom stereocenters. The Labute approximate surface area is 161 Å². The third-order valence-electron chi connectivity index (χ3n) is 3.90. The van der Waals surface area contributed by atoms with Crippen molar-refractivity contribution in [1.82, 2.24) is 15.5 Å². The lowest BCUT2D eigenvalue weighted by Crippen LogP contribution is -2.37. The molecule has 6 heteroatoms. The van der Waals surface area contributed by atoms with Gasteiger partial charge in [0.2, 0.25) is 5.91 Å². The van der Waals surface area contributed by atoms with E-state index in [1.807, 2.05) is 61.5 Å². The molecule has 0 radical (unpaired) electrons. The molecular weight excluding hydrogens is 338 g/mol. The van der Waals surface area contributed by atoms with E-state index in [2.05, 4.69) is 33.1 Å². The van der Waals surface area contributed by atoms with Crippen molar-refractivity contribution in [1.29, 1.82) is 0 Å². The molecule has 2 aromatic carbocycles. The zero-order valence-corrected chi connectivity index (χ0v) is 16.3. The first-order valence-corrected chi connectivity index (χ1v) is 9.09. The van der Waals surface area contributed by atoms with Crippen molar-refractivity contribution in [3.05, 3.63) is 65.7 Å². The number of amides is 1. The molecule has 144 valence electrons. The number of guanidine groups is 1. The predicted octanol–water partition coefficient (Wildman–Crippen LogP) is 2.09. The van der Waals surface area contributed by atoms with E-state index in [-0.39, 0.29) is 5.91 Å². The van der Waals surface area contributed by atoms with Gasteiger partial charge in [0.25, 0.3) is 0 Å². The van der Waals surface area contributed by atoms with Gasteiger partial charge in [-0.25, -0.2) is 0 Å². The number of hydrogen-bond acceptors (Lipinski definition) is 3. The lowest BCUT2D eigenvalue weighted by atomic mass is 10.1. The summed E-state index contributed by atoms with van der Waals surface area (Å²) >= 11 is 0. The van der Waals surface area contributed by atoms with Gasteiger partial charge >= 0.3 is 0 Å². The maximum Gasteiger partial charge on any atom is 0.238 e. The molecule has 3 N–H and O–H groups in total. The molecule has 0 spiro atoms. The third-order valence-corrected chi connectivity index (χ3v) is 3.90. The number of benzene rings is 2. The van der Waals surface area contributed by atoms with Gasteiger partial charge in [-0.3, -0.25) is 9.79 Å². The van der Waals surface area contributed by atoms with Crippen LogP contribution in [0.2, 0.25) is 0 Å². The molecular formula is C21H29N5O. The van der Waals surface area contributed by atoms with E-state index in [0.29, 0.717) is 13.1 Å². The summed E-state index contributed by atoms with van der Waals surface area (Å²) in [6.45, 7) is 1.80. The molecule has 0 atom stereocenters. The average Bonchev–Trinajstić information content (AvgIpc) is 2.65. The van der Waals surface area contributed by atoms with E-state index in [4.69, 9.17) is 0 Å². The maximum absolute atomic E-state index is 11.9. The summed E-state index contributed by atoms with van der Waals surface area (Å²) in [6.07, 6.45) is 0.939. The first-order valence-electron chi connectivity index (χ1n) is 9.09. The summed E-state index contributed by atoms with van der Waals surface area (Å²) < 4.78 is 0. The van der Waals surface area contributed by atoms with Crippen LogP contribution < -0.4 is 16.0 Å². The molecule has 2 rings (SSSR count). The summed E-state index contributed by atoms with van der Waals surface area (Å²) in [5.41, 5.74) is 3.17. The molecule has 0 bridgehead atoms. The maximum atomic E-state index is 11.9. The molecule has 0 saturated heterocycles. The van der Waals surface area contributed by atoms with E-state index in [1.54, 1.807) is 7.05 Å². The molecule has 0 aliphatic rings. The molecule has 1 amide bonds. The lowest BCUT2D eigenvalue weighted by Gasteiger charge is -2.13. The first-order chi connectivity index (χ1) is 13.1. The molecule has 0 saturated carbocycles. The lowest BCUT2D eigenvalue weighted by molar-refractivity contribution is -0.116. The van der Waals surface area contributed by atoms with Crippen LogP contribution in [0.5, 0.6) is 0 Å². The molecule has 2 aromatic rings. The van der Waals surface area contributed by atoms with Gasteiger partial charge in [0.1, 0.15) is 0 Å². The highest BCUT2D eigenvalue weighted by Crippen LogP contribution is 2.10. The molecule has 6 nitrogen and oxygen atoms in total. The van der Waals surface area contributed by atoms with Crippen LogP contribution in [-0.2, 0) is 17.8 Å². The Morgan fingerprint density at radius 3 is 2.44 bits per heavy atom. The van der Waals surface area contributed by atoms with Crippen LogP contribution >= 0.6 is 0 Å². The minimum absolute atomic E-state index is 0.0245. The van der Waals surface area contributed by atoms with Crippen LogP contribution in [0.3, 0.4) is 0 Å². The third kappa shape index (κ3) is 7.92. The van der Waals surface area contributed by atoms with Crippen LogP contribution in [0.15, 0.2) is 59.6 Å². The second kappa shape index (κ2) is 11.0. The normalized spacial score (nSPS) is 11.3. The van der Waals surface area contributed by atoms with Crippen LogP contribution in [-0.4, -0.2) is 51.0 Å². The largest absolute Gasteiger partial charge is 0.356 e. The quantitative estimate of drug-likeness (QED) is 0.494. The number of hydrogen-bond donors (Lipinski definition) is 3. The van der Waals surface area contributed by atoms with Crippen LogP contribution in [0, 0.1) is 0 Å². The van der Waals surface area contributed by atoms with Crippen molar-refractivity contribution in [3.8, 4) is 0 Å². The number of anilines is 1. The van der Waals surface area contributed by atoms with Crippen molar-refractivity contribution in [2.75, 3.05) is 39.5 Å². The zero-order valence-electron chi connectivity index (χ0n) is 16.3. The smallest absolute Gasteiger partial charge is 0.238 e. The minimum Gasteiger partial charge on any atom is -0.356 e. The summed E-state index contributed by atoms with van der Waals surface area (Å²) in [7, 11) is 5.50. The van der Waals surface area contributed by atoms with Crippen molar-refractivity contribution < 1.29 is 4.79 Å². The van der Waals surface area contributed by atoms with Gasteiger partial charge in [-0.2, -0.15) is 0 Å². The fourth-order valence-corrected chi connectivity index (χ4v) is 2.62. The Hall–Kier alpha value is -2.86. The molecule has 0 fully saturated rings. The number of carbonyl (C=O) groups is 1. The Balaban J connectivity index is 1.80. The number of nitrogens with one attached hydrogen (secondary N) is 3. The fraction of sp³-hybridized carbons (Fsp3) is 0.333. The van der Waals surface area contributed by atoms with Gasteiger partial charge in [0.15, 0.2) is 5.96 Å². The van der Waals surface area contributed by atoms with Gasteiger partial charge in [-0.15, -0.1) is 0 Å². The SMILES string of the molecule is CN=C(NCCc1ccccc1)NCc1cccc(NC(=O)CN(C)C)c1. The van der Waals surface area contributed by atoms with Crippen molar-refractivity contribution in [2.45, 2.75) is 13.0 Å². The van der Waals surface area contributed by atoms with Gasteiger partial charge in [-0.1, -0.05) is 42.5 Å². The summed E-state index contributed by atoms with van der Waals surface area (Å²) in [5, 5.41) is 9.54.